The van der Waals surface area contributed by atoms with Crippen molar-refractivity contribution in [3.63, 3.8) is 0 Å². The summed E-state index contributed by atoms with van der Waals surface area (Å²) < 4.78 is 5.53. The molecule has 5 nitrogen and oxygen atoms in total. The Kier molecular flexibility index (Phi) is 3.98. The minimum Gasteiger partial charge on any atom is -0.507 e. The van der Waals surface area contributed by atoms with Crippen LogP contribution in [0.25, 0.3) is 0 Å². The first-order valence-electron chi connectivity index (χ1n) is 6.73. The van der Waals surface area contributed by atoms with Crippen molar-refractivity contribution in [3.05, 3.63) is 58.6 Å². The van der Waals surface area contributed by atoms with E-state index in [0.717, 1.165) is 17.0 Å². The molecule has 1 amide bonds. The van der Waals surface area contributed by atoms with Gasteiger partial charge in [-0.3, -0.25) is 4.79 Å². The maximum atomic E-state index is 12.1. The monoisotopic (exact) mass is 316 g/mol. The van der Waals surface area contributed by atoms with E-state index in [1.165, 1.54) is 18.2 Å². The first-order valence-corrected chi connectivity index (χ1v) is 7.10. The number of nitrogens with zero attached hydrogens (tertiary/aromatic N) is 1. The lowest BCUT2D eigenvalue weighted by Crippen LogP contribution is -2.23. The van der Waals surface area contributed by atoms with Crippen molar-refractivity contribution in [1.29, 1.82) is 0 Å². The minimum absolute atomic E-state index is 0.0807. The summed E-state index contributed by atoms with van der Waals surface area (Å²) in [6, 6.07) is 11.8. The Morgan fingerprint density at radius 3 is 2.95 bits per heavy atom. The lowest BCUT2D eigenvalue weighted by Gasteiger charge is -2.18. The number of para-hydroxylation sites is 1. The molecule has 0 saturated heterocycles. The van der Waals surface area contributed by atoms with Gasteiger partial charge in [0.15, 0.2) is 0 Å². The number of hydrazone groups is 1. The summed E-state index contributed by atoms with van der Waals surface area (Å²) in [7, 11) is 0. The van der Waals surface area contributed by atoms with E-state index < -0.39 is 5.91 Å². The van der Waals surface area contributed by atoms with Crippen molar-refractivity contribution in [2.75, 3.05) is 6.61 Å². The molecule has 2 aromatic rings. The second-order valence-electron chi connectivity index (χ2n) is 4.76. The van der Waals surface area contributed by atoms with Gasteiger partial charge in [-0.05, 0) is 30.3 Å². The van der Waals surface area contributed by atoms with E-state index in [1.54, 1.807) is 0 Å². The quantitative estimate of drug-likeness (QED) is 0.837. The molecule has 6 heteroatoms. The Morgan fingerprint density at radius 1 is 1.27 bits per heavy atom. The molecule has 0 bridgehead atoms. The molecule has 1 heterocycles. The standard InChI is InChI=1S/C16H13ClN2O3/c17-10-5-6-14(20)12(9-10)16(21)19-18-13-7-8-22-15-4-2-1-3-11(13)15/h1-6,9,20H,7-8H2,(H,19,21)/b18-13-. The van der Waals surface area contributed by atoms with Crippen molar-refractivity contribution in [3.8, 4) is 11.5 Å². The number of nitrogens with one attached hydrogen (secondary N) is 1. The normalized spacial score (nSPS) is 15.0. The molecule has 0 fully saturated rings. The van der Waals surface area contributed by atoms with Crippen LogP contribution in [-0.4, -0.2) is 23.3 Å². The van der Waals surface area contributed by atoms with Crippen LogP contribution in [0.2, 0.25) is 5.02 Å². The molecular formula is C16H13ClN2O3. The van der Waals surface area contributed by atoms with E-state index in [1.807, 2.05) is 24.3 Å². The van der Waals surface area contributed by atoms with Crippen LogP contribution in [0, 0.1) is 0 Å². The largest absolute Gasteiger partial charge is 0.507 e. The number of aromatic hydroxyl groups is 1. The van der Waals surface area contributed by atoms with Crippen LogP contribution in [0.1, 0.15) is 22.3 Å². The van der Waals surface area contributed by atoms with Crippen LogP contribution in [0.15, 0.2) is 47.6 Å². The number of phenolic OH excluding ortho intramolecular Hbond substituents is 1. The average Bonchev–Trinajstić information content (AvgIpc) is 2.54. The molecule has 2 N–H and O–H groups in total. The zero-order chi connectivity index (χ0) is 15.5. The highest BCUT2D eigenvalue weighted by molar-refractivity contribution is 6.31. The second kappa shape index (κ2) is 6.07. The fourth-order valence-corrected chi connectivity index (χ4v) is 2.38. The summed E-state index contributed by atoms with van der Waals surface area (Å²) in [4.78, 5) is 12.1. The Morgan fingerprint density at radius 2 is 2.09 bits per heavy atom. The zero-order valence-corrected chi connectivity index (χ0v) is 12.3. The molecule has 0 aromatic heterocycles. The number of benzene rings is 2. The van der Waals surface area contributed by atoms with Crippen molar-refractivity contribution < 1.29 is 14.6 Å². The van der Waals surface area contributed by atoms with Crippen LogP contribution >= 0.6 is 11.6 Å². The summed E-state index contributed by atoms with van der Waals surface area (Å²) in [6.45, 7) is 0.508. The number of carbonyl (C=O) groups excluding carboxylic acids is 1. The van der Waals surface area contributed by atoms with Gasteiger partial charge in [0.05, 0.1) is 17.9 Å². The lowest BCUT2D eigenvalue weighted by atomic mass is 10.0. The Bertz CT molecular complexity index is 759. The van der Waals surface area contributed by atoms with Crippen molar-refractivity contribution in [2.45, 2.75) is 6.42 Å². The summed E-state index contributed by atoms with van der Waals surface area (Å²) in [5.74, 6) is 0.0818. The Balaban J connectivity index is 1.83. The van der Waals surface area contributed by atoms with Gasteiger partial charge in [0, 0.05) is 17.0 Å². The number of carbonyl (C=O) groups is 1. The smallest absolute Gasteiger partial charge is 0.275 e. The number of hydrogen-bond donors (Lipinski definition) is 2. The summed E-state index contributed by atoms with van der Waals surface area (Å²) in [6.07, 6.45) is 0.596. The molecule has 0 radical (unpaired) electrons. The number of fused-ring (bicyclic) bond motifs is 1. The van der Waals surface area contributed by atoms with Crippen LogP contribution < -0.4 is 10.2 Å². The van der Waals surface area contributed by atoms with Crippen LogP contribution in [0.5, 0.6) is 11.5 Å². The summed E-state index contributed by atoms with van der Waals surface area (Å²) in [5.41, 5.74) is 4.12. The molecule has 0 unspecified atom stereocenters. The van der Waals surface area contributed by atoms with Gasteiger partial charge in [-0.15, -0.1) is 0 Å². The van der Waals surface area contributed by atoms with Gasteiger partial charge >= 0.3 is 0 Å². The Labute approximate surface area is 132 Å². The van der Waals surface area contributed by atoms with Crippen molar-refractivity contribution in [1.82, 2.24) is 5.43 Å². The predicted molar refractivity (Wildman–Crippen MR) is 83.7 cm³/mol. The third-order valence-electron chi connectivity index (χ3n) is 3.29. The summed E-state index contributed by atoms with van der Waals surface area (Å²) >= 11 is 5.83. The highest BCUT2D eigenvalue weighted by Crippen LogP contribution is 2.24. The van der Waals surface area contributed by atoms with Gasteiger partial charge in [-0.2, -0.15) is 5.10 Å². The molecule has 2 aromatic carbocycles. The molecule has 0 aliphatic carbocycles. The van der Waals surface area contributed by atoms with E-state index in [-0.39, 0.29) is 11.3 Å². The molecule has 1 aliphatic rings. The highest BCUT2D eigenvalue weighted by Gasteiger charge is 2.17. The van der Waals surface area contributed by atoms with Crippen LogP contribution in [0.4, 0.5) is 0 Å². The molecule has 1 aliphatic heterocycles. The fourth-order valence-electron chi connectivity index (χ4n) is 2.21. The van der Waals surface area contributed by atoms with E-state index >= 15 is 0 Å². The lowest BCUT2D eigenvalue weighted by molar-refractivity contribution is 0.0952. The van der Waals surface area contributed by atoms with E-state index in [9.17, 15) is 9.90 Å². The van der Waals surface area contributed by atoms with Gasteiger partial charge in [0.1, 0.15) is 11.5 Å². The van der Waals surface area contributed by atoms with E-state index in [0.29, 0.717) is 18.1 Å². The first kappa shape index (κ1) is 14.4. The highest BCUT2D eigenvalue weighted by atomic mass is 35.5. The Hall–Kier alpha value is -2.53. The predicted octanol–water partition coefficient (Wildman–Crippen LogP) is 2.96. The molecule has 3 rings (SSSR count). The van der Waals surface area contributed by atoms with Gasteiger partial charge in [0.2, 0.25) is 0 Å². The zero-order valence-electron chi connectivity index (χ0n) is 11.5. The maximum absolute atomic E-state index is 12.1. The van der Waals surface area contributed by atoms with Gasteiger partial charge in [-0.25, -0.2) is 5.43 Å². The van der Waals surface area contributed by atoms with Crippen molar-refractivity contribution in [2.24, 2.45) is 5.10 Å². The van der Waals surface area contributed by atoms with Gasteiger partial charge in [0.25, 0.3) is 5.91 Å². The number of hydrogen-bond acceptors (Lipinski definition) is 4. The van der Waals surface area contributed by atoms with E-state index in [4.69, 9.17) is 16.3 Å². The number of ether oxygens (including phenoxy) is 1. The minimum atomic E-state index is -0.517. The topological polar surface area (TPSA) is 70.9 Å². The number of rotatable bonds is 2. The molecule has 0 atom stereocenters. The van der Waals surface area contributed by atoms with Gasteiger partial charge in [-0.1, -0.05) is 23.7 Å². The molecule has 112 valence electrons. The van der Waals surface area contributed by atoms with Crippen LogP contribution in [0.3, 0.4) is 0 Å². The SMILES string of the molecule is O=C(N/N=C1/CCOc2ccccc21)c1cc(Cl)ccc1O. The van der Waals surface area contributed by atoms with Crippen LogP contribution in [-0.2, 0) is 0 Å². The third kappa shape index (κ3) is 2.89. The fraction of sp³-hybridized carbons (Fsp3) is 0.125. The number of halogens is 1. The molecule has 22 heavy (non-hydrogen) atoms. The third-order valence-corrected chi connectivity index (χ3v) is 3.53. The number of amides is 1. The van der Waals surface area contributed by atoms with E-state index in [2.05, 4.69) is 10.5 Å². The molecular weight excluding hydrogens is 304 g/mol. The average molecular weight is 317 g/mol. The van der Waals surface area contributed by atoms with Gasteiger partial charge < -0.3 is 9.84 Å². The maximum Gasteiger partial charge on any atom is 0.275 e. The van der Waals surface area contributed by atoms with Crippen molar-refractivity contribution >= 4 is 23.2 Å². The number of phenols is 1. The molecule has 0 saturated carbocycles. The molecule has 0 spiro atoms. The second-order valence-corrected chi connectivity index (χ2v) is 5.19. The summed E-state index contributed by atoms with van der Waals surface area (Å²) in [5, 5.41) is 14.2. The first-order chi connectivity index (χ1) is 10.6.